The first kappa shape index (κ1) is 31.6. The number of allylic oxidation sites excluding steroid dienone is 1. The van der Waals surface area contributed by atoms with Crippen LogP contribution in [0.4, 0.5) is 0 Å². The molecule has 5 rings (SSSR count). The van der Waals surface area contributed by atoms with E-state index in [1.54, 1.807) is 6.92 Å². The number of hydrogen-bond donors (Lipinski definition) is 1. The second kappa shape index (κ2) is 10.6. The zero-order chi connectivity index (χ0) is 30.9. The maximum atomic E-state index is 12.5. The summed E-state index contributed by atoms with van der Waals surface area (Å²) in [7, 11) is 0. The van der Waals surface area contributed by atoms with E-state index in [4.69, 9.17) is 14.6 Å². The van der Waals surface area contributed by atoms with Gasteiger partial charge in [0, 0.05) is 17.8 Å². The minimum absolute atomic E-state index is 0.00678. The molecule has 5 aliphatic carbocycles. The van der Waals surface area contributed by atoms with Gasteiger partial charge in [0.05, 0.1) is 19.4 Å². The van der Waals surface area contributed by atoms with Gasteiger partial charge in [-0.05, 0) is 117 Å². The van der Waals surface area contributed by atoms with Crippen molar-refractivity contribution >= 4 is 17.9 Å². The molecule has 1 N–H and O–H groups in total. The number of aliphatic carboxylic acids is 1. The summed E-state index contributed by atoms with van der Waals surface area (Å²) in [5, 5.41) is 9.03. The van der Waals surface area contributed by atoms with Crippen molar-refractivity contribution in [1.82, 2.24) is 0 Å². The Hall–Kier alpha value is -1.85. The van der Waals surface area contributed by atoms with Crippen LogP contribution in [-0.2, 0) is 23.9 Å². The minimum atomic E-state index is -0.962. The summed E-state index contributed by atoms with van der Waals surface area (Å²) in [4.78, 5) is 35.5. The number of esters is 2. The third-order valence-corrected chi connectivity index (χ3v) is 14.6. The van der Waals surface area contributed by atoms with Crippen LogP contribution in [-0.4, -0.2) is 35.7 Å². The van der Waals surface area contributed by atoms with Crippen LogP contribution in [0.3, 0.4) is 0 Å². The second-order valence-corrected chi connectivity index (χ2v) is 16.6. The Kier molecular flexibility index (Phi) is 8.00. The van der Waals surface area contributed by atoms with Gasteiger partial charge in [-0.15, -0.1) is 0 Å². The fraction of sp³-hybridized carbons (Fsp3) is 0.861. The van der Waals surface area contributed by atoms with E-state index in [0.717, 1.165) is 38.5 Å². The molecule has 0 aromatic rings. The van der Waals surface area contributed by atoms with Crippen molar-refractivity contribution in [2.75, 3.05) is 6.61 Å². The van der Waals surface area contributed by atoms with Crippen molar-refractivity contribution < 1.29 is 29.0 Å². The molecule has 10 atom stereocenters. The SMILES string of the molecule is C=C(C)[C@@H]1CC[C@]2(COC(=O)CCC(=O)O)CC[C@]3(C)[C@H](CC[C@@H]4[C@@]5(C)CC[C@H](OC(C)=O)C(C)(C)[C@H]5CC[C@]43C)[C@H]12. The molecule has 6 heteroatoms. The molecule has 5 saturated carbocycles. The third kappa shape index (κ3) is 4.67. The summed E-state index contributed by atoms with van der Waals surface area (Å²) in [6.07, 6.45) is 11.0. The Bertz CT molecular complexity index is 1130. The van der Waals surface area contributed by atoms with Crippen molar-refractivity contribution in [2.24, 2.45) is 56.7 Å². The fourth-order valence-corrected chi connectivity index (χ4v) is 12.4. The Morgan fingerprint density at radius 2 is 1.52 bits per heavy atom. The van der Waals surface area contributed by atoms with Crippen molar-refractivity contribution in [3.05, 3.63) is 12.2 Å². The summed E-state index contributed by atoms with van der Waals surface area (Å²) in [5.74, 6) is 1.10. The highest BCUT2D eigenvalue weighted by atomic mass is 16.5. The minimum Gasteiger partial charge on any atom is -0.481 e. The topological polar surface area (TPSA) is 89.9 Å². The first-order valence-electron chi connectivity index (χ1n) is 16.7. The Morgan fingerprint density at radius 1 is 0.810 bits per heavy atom. The molecule has 0 bridgehead atoms. The zero-order valence-corrected chi connectivity index (χ0v) is 27.4. The third-order valence-electron chi connectivity index (χ3n) is 14.6. The number of fused-ring (bicyclic) bond motifs is 7. The number of carboxylic acids is 1. The standard InChI is InChI=1S/C36H56O6/c1-22(2)24-13-18-36(21-41-30(40)12-11-29(38)39)20-19-34(7)25(31(24)36)9-10-27-33(6)16-15-28(42-23(3)37)32(4,5)26(33)14-17-35(27,34)8/h24-28,31H,1,9-21H2,2-8H3,(H,38,39)/t24-,25+,26+,27+,28-,31-,33-,34+,35+,36+/m0/s1. The summed E-state index contributed by atoms with van der Waals surface area (Å²) in [6, 6.07) is 0. The maximum Gasteiger partial charge on any atom is 0.306 e. The van der Waals surface area contributed by atoms with Crippen LogP contribution in [0.1, 0.15) is 126 Å². The average molecular weight is 585 g/mol. The Balaban J connectivity index is 1.43. The van der Waals surface area contributed by atoms with Crippen molar-refractivity contribution in [2.45, 2.75) is 132 Å². The molecular weight excluding hydrogens is 528 g/mol. The van der Waals surface area contributed by atoms with Crippen LogP contribution in [0.5, 0.6) is 0 Å². The predicted octanol–water partition coefficient (Wildman–Crippen LogP) is 7.98. The number of carboxylic acid groups (broad SMARTS) is 1. The number of ether oxygens (including phenoxy) is 2. The molecule has 0 spiro atoms. The van der Waals surface area contributed by atoms with Gasteiger partial charge >= 0.3 is 17.9 Å². The van der Waals surface area contributed by atoms with E-state index in [9.17, 15) is 14.4 Å². The molecule has 5 fully saturated rings. The Morgan fingerprint density at radius 3 is 2.17 bits per heavy atom. The van der Waals surface area contributed by atoms with E-state index in [-0.39, 0.29) is 58.0 Å². The Labute approximate surface area is 253 Å². The van der Waals surface area contributed by atoms with E-state index < -0.39 is 5.97 Å². The zero-order valence-electron chi connectivity index (χ0n) is 27.4. The molecule has 0 saturated heterocycles. The smallest absolute Gasteiger partial charge is 0.306 e. The molecular formula is C36H56O6. The van der Waals surface area contributed by atoms with Gasteiger partial charge in [0.2, 0.25) is 0 Å². The summed E-state index contributed by atoms with van der Waals surface area (Å²) < 4.78 is 11.8. The summed E-state index contributed by atoms with van der Waals surface area (Å²) in [5.41, 5.74) is 1.82. The predicted molar refractivity (Wildman–Crippen MR) is 162 cm³/mol. The monoisotopic (exact) mass is 584 g/mol. The largest absolute Gasteiger partial charge is 0.481 e. The fourth-order valence-electron chi connectivity index (χ4n) is 12.4. The van der Waals surface area contributed by atoms with Crippen LogP contribution in [0.25, 0.3) is 0 Å². The molecule has 236 valence electrons. The highest BCUT2D eigenvalue weighted by Crippen LogP contribution is 2.77. The lowest BCUT2D eigenvalue weighted by atomic mass is 9.32. The maximum absolute atomic E-state index is 12.5. The molecule has 0 aromatic carbocycles. The van der Waals surface area contributed by atoms with Gasteiger partial charge in [-0.2, -0.15) is 0 Å². The lowest BCUT2D eigenvalue weighted by Crippen LogP contribution is -2.67. The number of hydrogen-bond acceptors (Lipinski definition) is 5. The van der Waals surface area contributed by atoms with Crippen LogP contribution >= 0.6 is 0 Å². The van der Waals surface area contributed by atoms with Crippen molar-refractivity contribution in [3.63, 3.8) is 0 Å². The van der Waals surface area contributed by atoms with Gasteiger partial charge in [-0.25, -0.2) is 0 Å². The van der Waals surface area contributed by atoms with Gasteiger partial charge in [0.15, 0.2) is 0 Å². The highest BCUT2D eigenvalue weighted by molar-refractivity contribution is 5.76. The molecule has 0 amide bonds. The van der Waals surface area contributed by atoms with E-state index in [2.05, 4.69) is 48.1 Å². The molecule has 0 heterocycles. The summed E-state index contributed by atoms with van der Waals surface area (Å²) in [6.45, 7) is 21.1. The van der Waals surface area contributed by atoms with Crippen LogP contribution < -0.4 is 0 Å². The van der Waals surface area contributed by atoms with Crippen molar-refractivity contribution in [3.8, 4) is 0 Å². The normalized spacial score (nSPS) is 45.4. The van der Waals surface area contributed by atoms with Crippen LogP contribution in [0.2, 0.25) is 0 Å². The average Bonchev–Trinajstić information content (AvgIpc) is 3.28. The number of rotatable bonds is 7. The highest BCUT2D eigenvalue weighted by Gasteiger charge is 2.71. The molecule has 0 aliphatic heterocycles. The van der Waals surface area contributed by atoms with E-state index in [0.29, 0.717) is 36.2 Å². The molecule has 0 radical (unpaired) electrons. The quantitative estimate of drug-likeness (QED) is 0.241. The second-order valence-electron chi connectivity index (χ2n) is 16.6. The molecule has 42 heavy (non-hydrogen) atoms. The lowest BCUT2D eigenvalue weighted by molar-refractivity contribution is -0.252. The molecule has 6 nitrogen and oxygen atoms in total. The van der Waals surface area contributed by atoms with E-state index in [1.807, 2.05) is 0 Å². The van der Waals surface area contributed by atoms with Gasteiger partial charge < -0.3 is 14.6 Å². The van der Waals surface area contributed by atoms with Crippen LogP contribution in [0, 0.1) is 56.7 Å². The van der Waals surface area contributed by atoms with Gasteiger partial charge in [0.1, 0.15) is 6.10 Å². The molecule has 0 aromatic heterocycles. The first-order valence-corrected chi connectivity index (χ1v) is 16.7. The first-order chi connectivity index (χ1) is 19.5. The molecule has 0 unspecified atom stereocenters. The van der Waals surface area contributed by atoms with Gasteiger partial charge in [-0.3, -0.25) is 14.4 Å². The number of carbonyl (C=O) groups excluding carboxylic acids is 2. The van der Waals surface area contributed by atoms with E-state index >= 15 is 0 Å². The van der Waals surface area contributed by atoms with Gasteiger partial charge in [0.25, 0.3) is 0 Å². The van der Waals surface area contributed by atoms with E-state index in [1.165, 1.54) is 31.3 Å². The van der Waals surface area contributed by atoms with Gasteiger partial charge in [-0.1, -0.05) is 46.8 Å². The van der Waals surface area contributed by atoms with Crippen molar-refractivity contribution in [1.29, 1.82) is 0 Å². The van der Waals surface area contributed by atoms with Crippen LogP contribution in [0.15, 0.2) is 12.2 Å². The lowest BCUT2D eigenvalue weighted by Gasteiger charge is -2.73. The summed E-state index contributed by atoms with van der Waals surface area (Å²) >= 11 is 0. The molecule has 5 aliphatic rings. The number of carbonyl (C=O) groups is 3.